The average molecular weight is 554 g/mol. The minimum Gasteiger partial charge on any atom is -0.309 e. The van der Waals surface area contributed by atoms with E-state index in [9.17, 15) is 9.65 Å². The fraction of sp³-hybridized carbons (Fsp3) is 0.452. The van der Waals surface area contributed by atoms with Gasteiger partial charge < -0.3 is 5.32 Å². The number of anilines is 2. The van der Waals surface area contributed by atoms with Crippen LogP contribution in [0.15, 0.2) is 36.5 Å². The Morgan fingerprint density at radius 2 is 1.93 bits per heavy atom. The average Bonchev–Trinajstić information content (AvgIpc) is 3.26. The topological polar surface area (TPSA) is 98.8 Å². The number of nitrogens with zero attached hydrogens (tertiary/aromatic N) is 8. The number of halogens is 1. The first-order valence-corrected chi connectivity index (χ1v) is 14.3. The van der Waals surface area contributed by atoms with Crippen LogP contribution in [0.5, 0.6) is 0 Å². The van der Waals surface area contributed by atoms with E-state index in [2.05, 4.69) is 70.0 Å². The zero-order chi connectivity index (χ0) is 28.9. The van der Waals surface area contributed by atoms with Crippen molar-refractivity contribution in [1.29, 1.82) is 5.26 Å². The molecule has 2 aliphatic heterocycles. The molecule has 6 rings (SSSR count). The summed E-state index contributed by atoms with van der Waals surface area (Å²) >= 11 is 0. The van der Waals surface area contributed by atoms with Gasteiger partial charge in [0.2, 0.25) is 5.95 Å². The first-order valence-electron chi connectivity index (χ1n) is 14.3. The predicted octanol–water partition coefficient (Wildman–Crippen LogP) is 5.17. The van der Waals surface area contributed by atoms with E-state index >= 15 is 0 Å². The van der Waals surface area contributed by atoms with Crippen LogP contribution in [0.25, 0.3) is 22.2 Å². The first kappa shape index (κ1) is 27.2. The van der Waals surface area contributed by atoms with Crippen LogP contribution in [0.2, 0.25) is 0 Å². The van der Waals surface area contributed by atoms with Gasteiger partial charge in [-0.2, -0.15) is 10.4 Å². The van der Waals surface area contributed by atoms with E-state index < -0.39 is 5.82 Å². The zero-order valence-electron chi connectivity index (χ0n) is 24.3. The molecule has 2 aliphatic rings. The largest absolute Gasteiger partial charge is 0.309 e. The van der Waals surface area contributed by atoms with E-state index in [-0.39, 0.29) is 23.1 Å². The van der Waals surface area contributed by atoms with Crippen LogP contribution < -0.4 is 5.32 Å². The van der Waals surface area contributed by atoms with E-state index in [1.54, 1.807) is 0 Å². The third-order valence-electron chi connectivity index (χ3n) is 8.54. The van der Waals surface area contributed by atoms with Crippen molar-refractivity contribution in [3.05, 3.63) is 59.3 Å². The van der Waals surface area contributed by atoms with Gasteiger partial charge >= 0.3 is 0 Å². The number of aryl methyl sites for hydroxylation is 1. The highest BCUT2D eigenvalue weighted by Gasteiger charge is 2.48. The lowest BCUT2D eigenvalue weighted by atomic mass is 9.82. The molecular formula is C31H36FN9. The van der Waals surface area contributed by atoms with Gasteiger partial charge in [0.1, 0.15) is 11.5 Å². The molecule has 10 heteroatoms. The minimum absolute atomic E-state index is 0.0826. The third-order valence-corrected chi connectivity index (χ3v) is 8.54. The maximum Gasteiger partial charge on any atom is 0.229 e. The summed E-state index contributed by atoms with van der Waals surface area (Å²) in [6.07, 6.45) is 2.54. The number of rotatable bonds is 7. The fourth-order valence-corrected chi connectivity index (χ4v) is 6.33. The Kier molecular flexibility index (Phi) is 6.96. The number of hydrogen-bond donors (Lipinski definition) is 1. The van der Waals surface area contributed by atoms with Gasteiger partial charge in [-0.3, -0.25) is 14.5 Å². The van der Waals surface area contributed by atoms with Gasteiger partial charge in [0.15, 0.2) is 5.82 Å². The predicted molar refractivity (Wildman–Crippen MR) is 157 cm³/mol. The van der Waals surface area contributed by atoms with E-state index in [0.717, 1.165) is 54.9 Å². The van der Waals surface area contributed by atoms with Crippen LogP contribution in [0.4, 0.5) is 16.2 Å². The highest BCUT2D eigenvalue weighted by atomic mass is 19.1. The summed E-state index contributed by atoms with van der Waals surface area (Å²) in [6.45, 7) is 12.2. The van der Waals surface area contributed by atoms with Crippen molar-refractivity contribution in [3.8, 4) is 17.3 Å². The number of hydrogen-bond acceptors (Lipinski definition) is 8. The zero-order valence-corrected chi connectivity index (χ0v) is 24.3. The van der Waals surface area contributed by atoms with E-state index in [1.165, 1.54) is 11.8 Å². The summed E-state index contributed by atoms with van der Waals surface area (Å²) in [5.41, 5.74) is 5.00. The summed E-state index contributed by atoms with van der Waals surface area (Å²) in [5.74, 6) is 0.704. The van der Waals surface area contributed by atoms with Gasteiger partial charge in [-0.1, -0.05) is 26.0 Å². The smallest absolute Gasteiger partial charge is 0.229 e. The van der Waals surface area contributed by atoms with Crippen LogP contribution in [0, 0.1) is 17.1 Å². The van der Waals surface area contributed by atoms with Crippen molar-refractivity contribution in [2.45, 2.75) is 64.6 Å². The quantitative estimate of drug-likeness (QED) is 0.335. The second kappa shape index (κ2) is 10.5. The number of aromatic nitrogens is 5. The number of pyridine rings is 1. The lowest BCUT2D eigenvalue weighted by Crippen LogP contribution is -2.71. The van der Waals surface area contributed by atoms with Gasteiger partial charge in [-0.25, -0.2) is 19.3 Å². The Balaban J connectivity index is 1.22. The second-order valence-electron chi connectivity index (χ2n) is 11.9. The molecule has 5 heterocycles. The molecule has 0 unspecified atom stereocenters. The molecule has 0 atom stereocenters. The number of nitrogens with one attached hydrogen (secondary N) is 1. The molecule has 0 radical (unpaired) electrons. The van der Waals surface area contributed by atoms with Crippen molar-refractivity contribution in [2.24, 2.45) is 7.05 Å². The van der Waals surface area contributed by atoms with Gasteiger partial charge in [0.25, 0.3) is 0 Å². The Labute approximate surface area is 240 Å². The Morgan fingerprint density at radius 3 is 2.66 bits per heavy atom. The molecule has 9 nitrogen and oxygen atoms in total. The van der Waals surface area contributed by atoms with Gasteiger partial charge in [0.05, 0.1) is 29.7 Å². The third kappa shape index (κ3) is 4.94. The summed E-state index contributed by atoms with van der Waals surface area (Å²) in [6, 6.07) is 12.6. The molecular weight excluding hydrogens is 517 g/mol. The number of fused-ring (bicyclic) bond motifs is 2. The summed E-state index contributed by atoms with van der Waals surface area (Å²) in [5, 5.41) is 18.3. The van der Waals surface area contributed by atoms with Gasteiger partial charge in [-0.05, 0) is 43.5 Å². The summed E-state index contributed by atoms with van der Waals surface area (Å²) < 4.78 is 16.8. The van der Waals surface area contributed by atoms with Crippen molar-refractivity contribution in [3.63, 3.8) is 0 Å². The Morgan fingerprint density at radius 1 is 1.12 bits per heavy atom. The molecule has 0 amide bonds. The van der Waals surface area contributed by atoms with Crippen LogP contribution >= 0.6 is 0 Å². The number of likely N-dealkylation sites (tertiary alicyclic amines) is 1. The summed E-state index contributed by atoms with van der Waals surface area (Å²) in [4.78, 5) is 18.5. The molecule has 0 aliphatic carbocycles. The van der Waals surface area contributed by atoms with Crippen molar-refractivity contribution >= 4 is 22.7 Å². The molecule has 4 aromatic rings. The summed E-state index contributed by atoms with van der Waals surface area (Å²) in [7, 11) is 1.93. The normalized spacial score (nSPS) is 17.0. The molecule has 3 aromatic heterocycles. The van der Waals surface area contributed by atoms with Crippen LogP contribution in [0.3, 0.4) is 0 Å². The fourth-order valence-electron chi connectivity index (χ4n) is 6.33. The van der Waals surface area contributed by atoms with Crippen molar-refractivity contribution < 1.29 is 4.39 Å². The molecule has 1 fully saturated rings. The number of benzene rings is 1. The van der Waals surface area contributed by atoms with Crippen LogP contribution in [-0.4, -0.2) is 65.7 Å². The van der Waals surface area contributed by atoms with Crippen molar-refractivity contribution in [2.75, 3.05) is 25.0 Å². The van der Waals surface area contributed by atoms with Gasteiger partial charge in [-0.15, -0.1) is 0 Å². The van der Waals surface area contributed by atoms with E-state index in [4.69, 9.17) is 4.98 Å². The van der Waals surface area contributed by atoms with Crippen LogP contribution in [-0.2, 0) is 20.0 Å². The molecule has 0 spiro atoms. The standard InChI is InChI=1S/C31H36FN9/c1-19(2)29-23-14-21(6-8-26(23)38-39(29)5)28-24(32)15-34-30(37-28)36-27-9-7-22-16-41(13-10-25(22)35-27)31(11-12-33)17-40(18-31)20(3)4/h6-9,14-15,19-20H,10-11,13,16-18H2,1-5H3,(H,34,35,36,37). The SMILES string of the molecule is CC(C)c1c2cc(-c3nc(Nc4ccc5c(n4)CCN(C4(CC#N)CN(C(C)C)C4)C5)ncc3F)ccc2nn1C. The van der Waals surface area contributed by atoms with E-state index in [1.807, 2.05) is 36.0 Å². The highest BCUT2D eigenvalue weighted by molar-refractivity contribution is 5.86. The van der Waals surface area contributed by atoms with Crippen LogP contribution in [0.1, 0.15) is 57.0 Å². The maximum absolute atomic E-state index is 15.0. The number of nitriles is 1. The highest BCUT2D eigenvalue weighted by Crippen LogP contribution is 2.36. The molecule has 1 N–H and O–H groups in total. The molecule has 0 saturated carbocycles. The monoisotopic (exact) mass is 553 g/mol. The maximum atomic E-state index is 15.0. The molecule has 0 bridgehead atoms. The Bertz CT molecular complexity index is 1650. The molecule has 212 valence electrons. The lowest BCUT2D eigenvalue weighted by Gasteiger charge is -2.57. The molecule has 41 heavy (non-hydrogen) atoms. The Hall–Kier alpha value is -3.94. The second-order valence-corrected chi connectivity index (χ2v) is 11.9. The minimum atomic E-state index is -0.485. The van der Waals surface area contributed by atoms with Crippen molar-refractivity contribution in [1.82, 2.24) is 34.5 Å². The lowest BCUT2D eigenvalue weighted by molar-refractivity contribution is -0.0735. The van der Waals surface area contributed by atoms with Gasteiger partial charge in [0, 0.05) is 68.0 Å². The first-order chi connectivity index (χ1) is 19.7. The van der Waals surface area contributed by atoms with E-state index in [0.29, 0.717) is 23.8 Å². The molecule has 1 saturated heterocycles. The molecule has 1 aromatic carbocycles.